The van der Waals surface area contributed by atoms with E-state index in [9.17, 15) is 10.2 Å². The van der Waals surface area contributed by atoms with Crippen molar-refractivity contribution >= 4 is 22.4 Å². The Balaban J connectivity index is 1.42. The van der Waals surface area contributed by atoms with Crippen LogP contribution in [0.25, 0.3) is 10.9 Å². The highest BCUT2D eigenvalue weighted by Gasteiger charge is 2.56. The van der Waals surface area contributed by atoms with E-state index in [0.717, 1.165) is 61.2 Å². The molecule has 6 rings (SSSR count). The van der Waals surface area contributed by atoms with E-state index in [-0.39, 0.29) is 23.0 Å². The summed E-state index contributed by atoms with van der Waals surface area (Å²) < 4.78 is 0. The number of aliphatic hydroxyl groups is 2. The normalized spacial score (nSPS) is 30.7. The molecule has 2 atom stereocenters. The lowest BCUT2D eigenvalue weighted by Gasteiger charge is -2.24. The van der Waals surface area contributed by atoms with Gasteiger partial charge in [0.25, 0.3) is 0 Å². The van der Waals surface area contributed by atoms with Gasteiger partial charge in [0.2, 0.25) is 0 Å². The lowest BCUT2D eigenvalue weighted by molar-refractivity contribution is 0.136. The van der Waals surface area contributed by atoms with Crippen LogP contribution in [0, 0.1) is 10.8 Å². The van der Waals surface area contributed by atoms with Gasteiger partial charge in [-0.1, -0.05) is 0 Å². The third kappa shape index (κ3) is 2.06. The number of aromatic nitrogens is 2. The first-order chi connectivity index (χ1) is 12.6. The zero-order chi connectivity index (χ0) is 17.5. The summed E-state index contributed by atoms with van der Waals surface area (Å²) in [6.45, 7) is 3.15. The Bertz CT molecular complexity index is 893. The van der Waals surface area contributed by atoms with Crippen molar-refractivity contribution in [2.45, 2.75) is 37.9 Å². The lowest BCUT2D eigenvalue weighted by atomic mass is 10.0. The molecular formula is C20H24N4O2. The van der Waals surface area contributed by atoms with Gasteiger partial charge in [-0.15, -0.1) is 0 Å². The Morgan fingerprint density at radius 1 is 0.962 bits per heavy atom. The first kappa shape index (κ1) is 15.2. The molecule has 4 aliphatic rings. The van der Waals surface area contributed by atoms with E-state index in [1.165, 1.54) is 0 Å². The minimum absolute atomic E-state index is 0.105. The molecule has 2 aliphatic carbocycles. The van der Waals surface area contributed by atoms with E-state index in [0.29, 0.717) is 13.1 Å². The molecule has 2 unspecified atom stereocenters. The van der Waals surface area contributed by atoms with Crippen LogP contribution in [0.4, 0.5) is 11.5 Å². The fourth-order valence-electron chi connectivity index (χ4n) is 5.04. The van der Waals surface area contributed by atoms with Gasteiger partial charge in [-0.05, 0) is 31.7 Å². The van der Waals surface area contributed by atoms with E-state index < -0.39 is 0 Å². The Morgan fingerprint density at radius 2 is 1.62 bits per heavy atom. The van der Waals surface area contributed by atoms with Crippen LogP contribution in [0.3, 0.4) is 0 Å². The Hall–Kier alpha value is -1.92. The molecule has 0 aromatic carbocycles. The van der Waals surface area contributed by atoms with Gasteiger partial charge in [0.1, 0.15) is 5.82 Å². The van der Waals surface area contributed by atoms with Crippen LogP contribution in [0.15, 0.2) is 24.5 Å². The molecule has 2 aromatic heterocycles. The first-order valence-corrected chi connectivity index (χ1v) is 9.70. The summed E-state index contributed by atoms with van der Waals surface area (Å²) in [6, 6.07) is 4.18. The maximum Gasteiger partial charge on any atom is 0.131 e. The number of anilines is 2. The van der Waals surface area contributed by atoms with Crippen molar-refractivity contribution in [3.05, 3.63) is 24.5 Å². The molecule has 2 N–H and O–H groups in total. The molecule has 2 saturated heterocycles. The van der Waals surface area contributed by atoms with Crippen molar-refractivity contribution in [1.82, 2.24) is 9.97 Å². The molecule has 2 spiro atoms. The lowest BCUT2D eigenvalue weighted by Crippen LogP contribution is -2.25. The number of β-amino-alcohol motifs (C(OH)–C–C–N with tert-alkyl or cyclic N) is 2. The second kappa shape index (κ2) is 4.87. The van der Waals surface area contributed by atoms with Gasteiger partial charge in [0.15, 0.2) is 0 Å². The van der Waals surface area contributed by atoms with Gasteiger partial charge in [-0.3, -0.25) is 4.98 Å². The third-order valence-electron chi connectivity index (χ3n) is 7.24. The highest BCUT2D eigenvalue weighted by atomic mass is 16.3. The predicted molar refractivity (Wildman–Crippen MR) is 99.3 cm³/mol. The topological polar surface area (TPSA) is 72.7 Å². The molecular weight excluding hydrogens is 328 g/mol. The van der Waals surface area contributed by atoms with Gasteiger partial charge in [0, 0.05) is 54.7 Å². The number of pyridine rings is 2. The molecule has 4 heterocycles. The summed E-state index contributed by atoms with van der Waals surface area (Å²) in [4.78, 5) is 13.7. The third-order valence-corrected chi connectivity index (χ3v) is 7.24. The van der Waals surface area contributed by atoms with Crippen LogP contribution in [0.1, 0.15) is 25.7 Å². The molecule has 6 nitrogen and oxygen atoms in total. The van der Waals surface area contributed by atoms with Crippen molar-refractivity contribution < 1.29 is 10.2 Å². The molecule has 2 aliphatic heterocycles. The van der Waals surface area contributed by atoms with Crippen LogP contribution in [-0.4, -0.2) is 58.6 Å². The molecule has 2 aromatic rings. The Morgan fingerprint density at radius 3 is 2.27 bits per heavy atom. The van der Waals surface area contributed by atoms with Crippen molar-refractivity contribution in [1.29, 1.82) is 0 Å². The molecule has 0 bridgehead atoms. The number of fused-ring (bicyclic) bond motifs is 1. The van der Waals surface area contributed by atoms with Crippen molar-refractivity contribution in [3.8, 4) is 0 Å². The Kier molecular flexibility index (Phi) is 2.84. The molecule has 6 heteroatoms. The number of nitrogens with zero attached hydrogens (tertiary/aromatic N) is 4. The van der Waals surface area contributed by atoms with Crippen LogP contribution in [0.5, 0.6) is 0 Å². The van der Waals surface area contributed by atoms with Crippen molar-refractivity contribution in [3.63, 3.8) is 0 Å². The van der Waals surface area contributed by atoms with Crippen LogP contribution in [0.2, 0.25) is 0 Å². The minimum Gasteiger partial charge on any atom is -0.391 e. The fourth-order valence-corrected chi connectivity index (χ4v) is 5.04. The number of aliphatic hydroxyl groups excluding tert-OH is 2. The highest BCUT2D eigenvalue weighted by Crippen LogP contribution is 2.55. The summed E-state index contributed by atoms with van der Waals surface area (Å²) >= 11 is 0. The zero-order valence-electron chi connectivity index (χ0n) is 14.8. The molecule has 26 heavy (non-hydrogen) atoms. The summed E-state index contributed by atoms with van der Waals surface area (Å²) in [6.07, 6.45) is 7.64. The van der Waals surface area contributed by atoms with Gasteiger partial charge in [0.05, 0.1) is 29.6 Å². The van der Waals surface area contributed by atoms with E-state index in [4.69, 9.17) is 4.98 Å². The van der Waals surface area contributed by atoms with Crippen LogP contribution >= 0.6 is 0 Å². The largest absolute Gasteiger partial charge is 0.391 e. The van der Waals surface area contributed by atoms with Crippen molar-refractivity contribution in [2.24, 2.45) is 10.8 Å². The number of hydrogen-bond donors (Lipinski definition) is 2. The smallest absolute Gasteiger partial charge is 0.131 e. The maximum absolute atomic E-state index is 10.5. The SMILES string of the molecule is OC1CN(c2cc(N3CC(O)C4(CC4)C3)c3ccncc3n2)CC12CC2. The van der Waals surface area contributed by atoms with E-state index >= 15 is 0 Å². The molecule has 136 valence electrons. The predicted octanol–water partition coefficient (Wildman–Crippen LogP) is 1.55. The summed E-state index contributed by atoms with van der Waals surface area (Å²) in [7, 11) is 0. The monoisotopic (exact) mass is 352 g/mol. The molecule has 2 saturated carbocycles. The quantitative estimate of drug-likeness (QED) is 0.854. The van der Waals surface area contributed by atoms with Gasteiger partial charge < -0.3 is 20.0 Å². The van der Waals surface area contributed by atoms with Gasteiger partial charge >= 0.3 is 0 Å². The molecule has 0 amide bonds. The molecule has 0 radical (unpaired) electrons. The van der Waals surface area contributed by atoms with Crippen LogP contribution in [-0.2, 0) is 0 Å². The zero-order valence-corrected chi connectivity index (χ0v) is 14.8. The second-order valence-electron chi connectivity index (χ2n) is 8.91. The van der Waals surface area contributed by atoms with Crippen LogP contribution < -0.4 is 9.80 Å². The maximum atomic E-state index is 10.5. The number of hydrogen-bond acceptors (Lipinski definition) is 6. The average molecular weight is 352 g/mol. The number of rotatable bonds is 2. The summed E-state index contributed by atoms with van der Waals surface area (Å²) in [5.74, 6) is 0.926. The second-order valence-corrected chi connectivity index (χ2v) is 8.91. The van der Waals surface area contributed by atoms with E-state index in [1.807, 2.05) is 18.5 Å². The van der Waals surface area contributed by atoms with Gasteiger partial charge in [-0.2, -0.15) is 0 Å². The summed E-state index contributed by atoms with van der Waals surface area (Å²) in [5.41, 5.74) is 2.25. The Labute approximate surface area is 152 Å². The van der Waals surface area contributed by atoms with Gasteiger partial charge in [-0.25, -0.2) is 4.98 Å². The minimum atomic E-state index is -0.249. The molecule has 4 fully saturated rings. The highest BCUT2D eigenvalue weighted by molar-refractivity contribution is 5.93. The first-order valence-electron chi connectivity index (χ1n) is 9.70. The summed E-state index contributed by atoms with van der Waals surface area (Å²) in [5, 5.41) is 22.0. The average Bonchev–Trinajstić information content (AvgIpc) is 3.52. The van der Waals surface area contributed by atoms with E-state index in [1.54, 1.807) is 0 Å². The van der Waals surface area contributed by atoms with E-state index in [2.05, 4.69) is 20.9 Å². The van der Waals surface area contributed by atoms with Crippen molar-refractivity contribution in [2.75, 3.05) is 36.0 Å². The standard InChI is InChI=1S/C20H24N4O2/c25-16-9-23(11-19(16)2-3-19)15-7-18(22-14-8-21-6-1-13(14)15)24-10-17(26)20(12-24)4-5-20/h1,6-8,16-17,25-26H,2-5,9-12H2. The fraction of sp³-hybridized carbons (Fsp3) is 0.600.